The molecule has 0 fully saturated rings. The summed E-state index contributed by atoms with van der Waals surface area (Å²) in [6.45, 7) is 15.4. The van der Waals surface area contributed by atoms with Gasteiger partial charge in [-0.05, 0) is 0 Å². The van der Waals surface area contributed by atoms with Gasteiger partial charge in [0.1, 0.15) is 0 Å². The minimum absolute atomic E-state index is 0. The SMILES string of the molecule is CCC1=[C-]C(CC)C(CC)=C1CC.Cc1cc(C)[c-](C)c1.[Cl-].[Cl-].[Zr+4]. The fraction of sp³-hybridized carbons (Fsp3) is 0.571. The second-order valence-electron chi connectivity index (χ2n) is 6.05. The summed E-state index contributed by atoms with van der Waals surface area (Å²) in [6.07, 6.45) is 8.41. The van der Waals surface area contributed by atoms with Crippen molar-refractivity contribution < 1.29 is 51.0 Å². The smallest absolute Gasteiger partial charge is 1.00 e. The number of hydrogen-bond donors (Lipinski definition) is 0. The molecule has 1 aliphatic rings. The van der Waals surface area contributed by atoms with Crippen LogP contribution in [-0.2, 0) is 26.2 Å². The topological polar surface area (TPSA) is 0 Å². The second-order valence-corrected chi connectivity index (χ2v) is 6.05. The molecule has 0 spiro atoms. The molecule has 0 saturated carbocycles. The van der Waals surface area contributed by atoms with Crippen molar-refractivity contribution in [3.63, 3.8) is 0 Å². The van der Waals surface area contributed by atoms with E-state index in [2.05, 4.69) is 66.7 Å². The van der Waals surface area contributed by atoms with Crippen molar-refractivity contribution in [1.29, 1.82) is 0 Å². The molecule has 0 nitrogen and oxygen atoms in total. The molecule has 1 aliphatic carbocycles. The zero-order valence-corrected chi connectivity index (χ0v) is 20.3. The molecule has 134 valence electrons. The van der Waals surface area contributed by atoms with Crippen LogP contribution in [0.4, 0.5) is 0 Å². The van der Waals surface area contributed by atoms with Crippen molar-refractivity contribution in [2.75, 3.05) is 0 Å². The summed E-state index contributed by atoms with van der Waals surface area (Å²) in [5, 5.41) is 0. The number of hydrogen-bond acceptors (Lipinski definition) is 0. The Morgan fingerprint density at radius 2 is 1.58 bits per heavy atom. The molecule has 0 heterocycles. The molecule has 1 atom stereocenters. The first-order valence-corrected chi connectivity index (χ1v) is 8.53. The van der Waals surface area contributed by atoms with Gasteiger partial charge >= 0.3 is 26.2 Å². The maximum absolute atomic E-state index is 3.63. The molecule has 0 bridgehead atoms. The van der Waals surface area contributed by atoms with Crippen molar-refractivity contribution in [2.24, 2.45) is 5.92 Å². The van der Waals surface area contributed by atoms with Crippen molar-refractivity contribution in [1.82, 2.24) is 0 Å². The molecule has 1 aromatic carbocycles. The van der Waals surface area contributed by atoms with Gasteiger partial charge in [-0.25, -0.2) is 17.2 Å². The van der Waals surface area contributed by atoms with Gasteiger partial charge in [-0.1, -0.05) is 80.1 Å². The van der Waals surface area contributed by atoms with Gasteiger partial charge in [0.15, 0.2) is 0 Å². The standard InChI is InChI=1S/C13H21.C8H11.2ClH.Zr/c1-5-10-9-11(6-2)13(8-4)12(10)7-3;1-6-4-7(2)8(3)5-6;;;/h10H,5-8H2,1-4H3;4-5H,1-3H3;2*1H;/q2*-1;;;+4/p-2. The summed E-state index contributed by atoms with van der Waals surface area (Å²) in [5.74, 6) is 0.634. The van der Waals surface area contributed by atoms with Crippen molar-refractivity contribution >= 4 is 0 Å². The second kappa shape index (κ2) is 14.5. The van der Waals surface area contributed by atoms with E-state index >= 15 is 0 Å². The summed E-state index contributed by atoms with van der Waals surface area (Å²) in [6, 6.07) is 4.41. The van der Waals surface area contributed by atoms with Crippen LogP contribution in [0.5, 0.6) is 0 Å². The van der Waals surface area contributed by atoms with E-state index in [4.69, 9.17) is 0 Å². The minimum Gasteiger partial charge on any atom is -1.00 e. The largest absolute Gasteiger partial charge is 4.00 e. The predicted octanol–water partition coefficient (Wildman–Crippen LogP) is 0.619. The Bertz CT molecular complexity index is 504. The molecular weight excluding hydrogens is 414 g/mol. The average Bonchev–Trinajstić information content (AvgIpc) is 2.97. The maximum Gasteiger partial charge on any atom is 4.00 e. The Morgan fingerprint density at radius 3 is 1.83 bits per heavy atom. The molecule has 0 amide bonds. The van der Waals surface area contributed by atoms with Gasteiger partial charge < -0.3 is 24.8 Å². The minimum atomic E-state index is 0. The molecule has 0 aromatic heterocycles. The average molecular weight is 447 g/mol. The third kappa shape index (κ3) is 7.67. The van der Waals surface area contributed by atoms with Gasteiger partial charge in [0.25, 0.3) is 0 Å². The van der Waals surface area contributed by atoms with Crippen LogP contribution in [0.1, 0.15) is 70.1 Å². The van der Waals surface area contributed by atoms with Crippen LogP contribution < -0.4 is 24.8 Å². The first-order valence-electron chi connectivity index (χ1n) is 8.53. The molecular formula is C21H32Cl2Zr. The molecule has 0 saturated heterocycles. The zero-order chi connectivity index (χ0) is 16.0. The number of allylic oxidation sites excluding steroid dienone is 4. The molecule has 1 aromatic rings. The third-order valence-electron chi connectivity index (χ3n) is 4.53. The van der Waals surface area contributed by atoms with Crippen LogP contribution in [0, 0.1) is 32.8 Å². The summed E-state index contributed by atoms with van der Waals surface area (Å²) in [4.78, 5) is 0. The van der Waals surface area contributed by atoms with E-state index in [1.165, 1.54) is 41.5 Å². The normalized spacial score (nSPS) is 15.5. The maximum atomic E-state index is 3.63. The van der Waals surface area contributed by atoms with E-state index in [0.717, 1.165) is 6.42 Å². The van der Waals surface area contributed by atoms with Crippen LogP contribution in [0.25, 0.3) is 0 Å². The summed E-state index contributed by atoms with van der Waals surface area (Å²) >= 11 is 0. The zero-order valence-electron chi connectivity index (χ0n) is 16.3. The van der Waals surface area contributed by atoms with Crippen molar-refractivity contribution in [3.05, 3.63) is 51.6 Å². The van der Waals surface area contributed by atoms with Crippen LogP contribution in [0.3, 0.4) is 0 Å². The molecule has 2 rings (SSSR count). The van der Waals surface area contributed by atoms with E-state index in [0.29, 0.717) is 5.92 Å². The Labute approximate surface area is 181 Å². The Hall–Kier alpha value is 0.293. The first-order chi connectivity index (χ1) is 9.98. The molecule has 3 heteroatoms. The van der Waals surface area contributed by atoms with E-state index in [1.54, 1.807) is 11.1 Å². The van der Waals surface area contributed by atoms with Gasteiger partial charge in [0.05, 0.1) is 0 Å². The molecule has 0 aliphatic heterocycles. The molecule has 24 heavy (non-hydrogen) atoms. The van der Waals surface area contributed by atoms with Gasteiger partial charge in [-0.3, -0.25) is 6.08 Å². The fourth-order valence-corrected chi connectivity index (χ4v) is 3.31. The fourth-order valence-electron chi connectivity index (χ4n) is 3.31. The Kier molecular flexibility index (Phi) is 17.5. The number of halogens is 2. The summed E-state index contributed by atoms with van der Waals surface area (Å²) in [5.41, 5.74) is 8.94. The van der Waals surface area contributed by atoms with Gasteiger partial charge in [-0.15, -0.1) is 0 Å². The predicted molar refractivity (Wildman–Crippen MR) is 94.7 cm³/mol. The van der Waals surface area contributed by atoms with Gasteiger partial charge in [0, 0.05) is 0 Å². The van der Waals surface area contributed by atoms with Gasteiger partial charge in [0.2, 0.25) is 0 Å². The van der Waals surface area contributed by atoms with Crippen LogP contribution in [0.2, 0.25) is 0 Å². The molecule has 0 N–H and O–H groups in total. The molecule has 0 radical (unpaired) electrons. The Morgan fingerprint density at radius 1 is 1.00 bits per heavy atom. The van der Waals surface area contributed by atoms with Crippen LogP contribution in [0.15, 0.2) is 28.9 Å². The van der Waals surface area contributed by atoms with E-state index < -0.39 is 0 Å². The quantitative estimate of drug-likeness (QED) is 0.595. The molecule has 1 unspecified atom stereocenters. The third-order valence-corrected chi connectivity index (χ3v) is 4.53. The van der Waals surface area contributed by atoms with Crippen LogP contribution >= 0.6 is 0 Å². The van der Waals surface area contributed by atoms with Crippen molar-refractivity contribution in [3.8, 4) is 0 Å². The summed E-state index contributed by atoms with van der Waals surface area (Å²) < 4.78 is 0. The number of aryl methyl sites for hydroxylation is 3. The number of rotatable bonds is 4. The Balaban J connectivity index is -0.000000353. The van der Waals surface area contributed by atoms with Gasteiger partial charge in [-0.2, -0.15) is 28.3 Å². The first kappa shape index (κ1) is 29.1. The monoisotopic (exact) mass is 444 g/mol. The van der Waals surface area contributed by atoms with Crippen molar-refractivity contribution in [2.45, 2.75) is 74.1 Å². The summed E-state index contributed by atoms with van der Waals surface area (Å²) in [7, 11) is 0. The van der Waals surface area contributed by atoms with Crippen LogP contribution in [-0.4, -0.2) is 0 Å². The van der Waals surface area contributed by atoms with E-state index in [1.807, 2.05) is 0 Å². The van der Waals surface area contributed by atoms with E-state index in [9.17, 15) is 0 Å². The van der Waals surface area contributed by atoms with E-state index in [-0.39, 0.29) is 51.0 Å².